The third-order valence-corrected chi connectivity index (χ3v) is 3.15. The van der Waals surface area contributed by atoms with Crippen LogP contribution in [0.25, 0.3) is 5.69 Å². The van der Waals surface area contributed by atoms with Gasteiger partial charge in [-0.25, -0.2) is 0 Å². The molecule has 0 fully saturated rings. The Hall–Kier alpha value is -1.91. The maximum atomic E-state index is 4.02. The molecule has 1 heterocycles. The van der Waals surface area contributed by atoms with Crippen molar-refractivity contribution in [3.8, 4) is 5.69 Å². The van der Waals surface area contributed by atoms with Gasteiger partial charge in [-0.3, -0.25) is 0 Å². The average molecular weight is 245 g/mol. The number of benzene rings is 1. The highest BCUT2D eigenvalue weighted by atomic mass is 15.6. The summed E-state index contributed by atoms with van der Waals surface area (Å²) in [6.45, 7) is 7.46. The lowest BCUT2D eigenvalue weighted by molar-refractivity contribution is 0.376. The van der Waals surface area contributed by atoms with Crippen LogP contribution in [0, 0.1) is 5.41 Å². The molecule has 1 N–H and O–H groups in total. The molecule has 0 aliphatic heterocycles. The molecule has 2 aromatic rings. The average Bonchev–Trinajstić information content (AvgIpc) is 2.86. The monoisotopic (exact) mass is 245 g/mol. The molecule has 0 atom stereocenters. The Morgan fingerprint density at radius 3 is 2.61 bits per heavy atom. The number of anilines is 1. The maximum absolute atomic E-state index is 4.02. The summed E-state index contributed by atoms with van der Waals surface area (Å²) in [5.74, 6) is 0.683. The van der Waals surface area contributed by atoms with E-state index in [-0.39, 0.29) is 5.41 Å². The van der Waals surface area contributed by atoms with Gasteiger partial charge in [-0.05, 0) is 34.4 Å². The Morgan fingerprint density at radius 2 is 1.94 bits per heavy atom. The summed E-state index contributed by atoms with van der Waals surface area (Å²) in [6.07, 6.45) is 1.10. The fourth-order valence-electron chi connectivity index (χ4n) is 1.48. The quantitative estimate of drug-likeness (QED) is 0.879. The van der Waals surface area contributed by atoms with Crippen LogP contribution in [0.4, 0.5) is 5.95 Å². The molecule has 2 rings (SSSR count). The molecule has 0 saturated carbocycles. The highest BCUT2D eigenvalue weighted by molar-refractivity contribution is 5.38. The summed E-state index contributed by atoms with van der Waals surface area (Å²) < 4.78 is 1.71. The zero-order valence-corrected chi connectivity index (χ0v) is 11.1. The number of hydrogen-bond donors (Lipinski definition) is 1. The maximum Gasteiger partial charge on any atom is 0.247 e. The first kappa shape index (κ1) is 12.5. The largest absolute Gasteiger partial charge is 0.352 e. The molecule has 1 aromatic carbocycles. The van der Waals surface area contributed by atoms with Crippen LogP contribution in [0.5, 0.6) is 0 Å². The molecule has 5 nitrogen and oxygen atoms in total. The van der Waals surface area contributed by atoms with Gasteiger partial charge in [0.2, 0.25) is 5.95 Å². The summed E-state index contributed by atoms with van der Waals surface area (Å²) in [7, 11) is 0. The van der Waals surface area contributed by atoms with E-state index in [0.717, 1.165) is 18.7 Å². The van der Waals surface area contributed by atoms with Crippen molar-refractivity contribution in [2.45, 2.75) is 27.2 Å². The standard InChI is InChI=1S/C13H19N5/c1-4-13(2,3)10-14-12-15-16-17-18(12)11-8-6-5-7-9-11/h5-9H,4,10H2,1-3H3,(H,14,15,17). The van der Waals surface area contributed by atoms with Crippen LogP contribution in [0.15, 0.2) is 30.3 Å². The number of nitrogens with one attached hydrogen (secondary N) is 1. The molecule has 0 saturated heterocycles. The van der Waals surface area contributed by atoms with Gasteiger partial charge >= 0.3 is 0 Å². The predicted molar refractivity (Wildman–Crippen MR) is 71.7 cm³/mol. The smallest absolute Gasteiger partial charge is 0.247 e. The lowest BCUT2D eigenvalue weighted by Gasteiger charge is -2.22. The zero-order valence-electron chi connectivity index (χ0n) is 11.1. The number of hydrogen-bond acceptors (Lipinski definition) is 4. The SMILES string of the molecule is CCC(C)(C)CNc1nnnn1-c1ccccc1. The second-order valence-electron chi connectivity index (χ2n) is 5.12. The van der Waals surface area contributed by atoms with Gasteiger partial charge in [0.05, 0.1) is 5.69 Å². The highest BCUT2D eigenvalue weighted by Gasteiger charge is 2.16. The third-order valence-electron chi connectivity index (χ3n) is 3.15. The fourth-order valence-corrected chi connectivity index (χ4v) is 1.48. The summed E-state index contributed by atoms with van der Waals surface area (Å²) >= 11 is 0. The van der Waals surface area contributed by atoms with Crippen molar-refractivity contribution >= 4 is 5.95 Å². The van der Waals surface area contributed by atoms with Gasteiger partial charge in [0.25, 0.3) is 0 Å². The van der Waals surface area contributed by atoms with Gasteiger partial charge in [-0.2, -0.15) is 4.68 Å². The number of rotatable bonds is 5. The third kappa shape index (κ3) is 2.85. The van der Waals surface area contributed by atoms with Gasteiger partial charge in [0, 0.05) is 6.54 Å². The minimum absolute atomic E-state index is 0.230. The molecule has 5 heteroatoms. The van der Waals surface area contributed by atoms with Crippen molar-refractivity contribution in [1.82, 2.24) is 20.2 Å². The van der Waals surface area contributed by atoms with Crippen molar-refractivity contribution in [2.24, 2.45) is 5.41 Å². The summed E-state index contributed by atoms with van der Waals surface area (Å²) in [4.78, 5) is 0. The van der Waals surface area contributed by atoms with Gasteiger partial charge in [-0.1, -0.05) is 44.1 Å². The molecule has 0 bridgehead atoms. The lowest BCUT2D eigenvalue weighted by Crippen LogP contribution is -2.23. The first-order valence-electron chi connectivity index (χ1n) is 6.20. The van der Waals surface area contributed by atoms with E-state index < -0.39 is 0 Å². The van der Waals surface area contributed by atoms with Crippen LogP contribution in [0.3, 0.4) is 0 Å². The van der Waals surface area contributed by atoms with Crippen molar-refractivity contribution < 1.29 is 0 Å². The van der Waals surface area contributed by atoms with E-state index in [4.69, 9.17) is 0 Å². The minimum atomic E-state index is 0.230. The Balaban J connectivity index is 2.14. The Morgan fingerprint density at radius 1 is 1.22 bits per heavy atom. The Bertz CT molecular complexity index is 489. The van der Waals surface area contributed by atoms with Gasteiger partial charge < -0.3 is 5.32 Å². The molecule has 0 aliphatic carbocycles. The molecule has 18 heavy (non-hydrogen) atoms. The minimum Gasteiger partial charge on any atom is -0.352 e. The first-order valence-corrected chi connectivity index (χ1v) is 6.20. The zero-order chi connectivity index (χ0) is 13.0. The summed E-state index contributed by atoms with van der Waals surface area (Å²) in [6, 6.07) is 9.87. The van der Waals surface area contributed by atoms with Crippen LogP contribution in [-0.2, 0) is 0 Å². The number of para-hydroxylation sites is 1. The number of nitrogens with zero attached hydrogens (tertiary/aromatic N) is 4. The fraction of sp³-hybridized carbons (Fsp3) is 0.462. The molecule has 0 spiro atoms. The van der Waals surface area contributed by atoms with E-state index in [1.54, 1.807) is 4.68 Å². The van der Waals surface area contributed by atoms with Crippen LogP contribution >= 0.6 is 0 Å². The molecular formula is C13H19N5. The van der Waals surface area contributed by atoms with Crippen LogP contribution in [-0.4, -0.2) is 26.8 Å². The van der Waals surface area contributed by atoms with Crippen LogP contribution < -0.4 is 5.32 Å². The van der Waals surface area contributed by atoms with E-state index in [9.17, 15) is 0 Å². The Kier molecular flexibility index (Phi) is 3.60. The van der Waals surface area contributed by atoms with Crippen LogP contribution in [0.1, 0.15) is 27.2 Å². The van der Waals surface area contributed by atoms with Gasteiger partial charge in [-0.15, -0.1) is 0 Å². The van der Waals surface area contributed by atoms with E-state index in [2.05, 4.69) is 41.6 Å². The predicted octanol–water partition coefficient (Wildman–Crippen LogP) is 2.51. The normalized spacial score (nSPS) is 11.5. The van der Waals surface area contributed by atoms with Gasteiger partial charge in [0.1, 0.15) is 0 Å². The molecular weight excluding hydrogens is 226 g/mol. The molecule has 0 amide bonds. The summed E-state index contributed by atoms with van der Waals surface area (Å²) in [5.41, 5.74) is 1.19. The van der Waals surface area contributed by atoms with Crippen molar-refractivity contribution in [2.75, 3.05) is 11.9 Å². The molecule has 0 unspecified atom stereocenters. The van der Waals surface area contributed by atoms with Crippen molar-refractivity contribution in [3.05, 3.63) is 30.3 Å². The van der Waals surface area contributed by atoms with E-state index in [0.29, 0.717) is 5.95 Å². The number of tetrazole rings is 1. The molecule has 0 aliphatic rings. The van der Waals surface area contributed by atoms with E-state index >= 15 is 0 Å². The number of aromatic nitrogens is 4. The molecule has 0 radical (unpaired) electrons. The van der Waals surface area contributed by atoms with Crippen LogP contribution in [0.2, 0.25) is 0 Å². The van der Waals surface area contributed by atoms with E-state index in [1.807, 2.05) is 30.3 Å². The topological polar surface area (TPSA) is 55.6 Å². The second-order valence-corrected chi connectivity index (χ2v) is 5.12. The Labute approximate surface area is 107 Å². The second kappa shape index (κ2) is 5.16. The van der Waals surface area contributed by atoms with E-state index in [1.165, 1.54) is 0 Å². The van der Waals surface area contributed by atoms with Crippen molar-refractivity contribution in [3.63, 3.8) is 0 Å². The summed E-state index contributed by atoms with van der Waals surface area (Å²) in [5, 5.41) is 15.1. The lowest BCUT2D eigenvalue weighted by atomic mass is 9.90. The molecule has 1 aromatic heterocycles. The first-order chi connectivity index (χ1) is 8.62. The van der Waals surface area contributed by atoms with Crippen molar-refractivity contribution in [1.29, 1.82) is 0 Å². The highest BCUT2D eigenvalue weighted by Crippen LogP contribution is 2.20. The van der Waals surface area contributed by atoms with Gasteiger partial charge in [0.15, 0.2) is 0 Å². The molecule has 96 valence electrons.